The van der Waals surface area contributed by atoms with Gasteiger partial charge in [-0.15, -0.1) is 0 Å². The number of carbonyl (C=O) groups is 1. The van der Waals surface area contributed by atoms with Crippen LogP contribution in [0, 0.1) is 5.92 Å². The van der Waals surface area contributed by atoms with E-state index in [-0.39, 0.29) is 10.9 Å². The number of hydrogen-bond acceptors (Lipinski definition) is 4. The summed E-state index contributed by atoms with van der Waals surface area (Å²) in [7, 11) is 0. The highest BCUT2D eigenvalue weighted by Crippen LogP contribution is 2.20. The van der Waals surface area contributed by atoms with E-state index >= 15 is 0 Å². The molecule has 0 bridgehead atoms. The lowest BCUT2D eigenvalue weighted by molar-refractivity contribution is 0.103. The molecule has 0 saturated carbocycles. The smallest absolute Gasteiger partial charge is 0.198 e. The van der Waals surface area contributed by atoms with Gasteiger partial charge in [0.25, 0.3) is 0 Å². The number of nitrogens with one attached hydrogen (secondary N) is 2. The summed E-state index contributed by atoms with van der Waals surface area (Å²) >= 11 is 12.2. The van der Waals surface area contributed by atoms with E-state index in [9.17, 15) is 4.79 Å². The van der Waals surface area contributed by atoms with E-state index in [0.717, 1.165) is 22.8 Å². The van der Waals surface area contributed by atoms with Crippen molar-refractivity contribution in [3.05, 3.63) is 80.2 Å². The Bertz CT molecular complexity index is 1150. The average molecular weight is 413 g/mol. The molecule has 0 amide bonds. The zero-order valence-electron chi connectivity index (χ0n) is 15.2. The lowest BCUT2D eigenvalue weighted by atomic mass is 10.0. The number of ketones is 1. The van der Waals surface area contributed by atoms with Gasteiger partial charge in [0.05, 0.1) is 5.56 Å². The van der Waals surface area contributed by atoms with Crippen LogP contribution >= 0.6 is 23.2 Å². The van der Waals surface area contributed by atoms with E-state index in [1.165, 1.54) is 0 Å². The molecule has 0 saturated heterocycles. The van der Waals surface area contributed by atoms with E-state index in [0.29, 0.717) is 34.4 Å². The Labute approximate surface area is 172 Å². The zero-order chi connectivity index (χ0) is 19.7. The SMILES string of the molecule is CC1C=c2c(C(=O)c3ccc(NCc4ccc(Cl)cc4)nc3Cl)c[nH]c2=NC1. The van der Waals surface area contributed by atoms with Crippen LogP contribution < -0.4 is 16.0 Å². The van der Waals surface area contributed by atoms with Gasteiger partial charge in [-0.2, -0.15) is 0 Å². The summed E-state index contributed by atoms with van der Waals surface area (Å²) in [5.41, 5.74) is 2.74. The van der Waals surface area contributed by atoms with E-state index in [1.54, 1.807) is 18.3 Å². The fourth-order valence-electron chi connectivity index (χ4n) is 3.13. The van der Waals surface area contributed by atoms with Crippen LogP contribution in [0.2, 0.25) is 10.2 Å². The third-order valence-electron chi connectivity index (χ3n) is 4.61. The van der Waals surface area contributed by atoms with Gasteiger partial charge in [-0.05, 0) is 35.7 Å². The Hall–Kier alpha value is -2.63. The van der Waals surface area contributed by atoms with E-state index < -0.39 is 0 Å². The van der Waals surface area contributed by atoms with Crippen molar-refractivity contribution >= 4 is 40.9 Å². The third kappa shape index (κ3) is 3.81. The van der Waals surface area contributed by atoms with E-state index in [2.05, 4.69) is 33.3 Å². The minimum Gasteiger partial charge on any atom is -0.366 e. The van der Waals surface area contributed by atoms with Crippen LogP contribution in [0.15, 0.2) is 47.6 Å². The van der Waals surface area contributed by atoms with Gasteiger partial charge in [-0.1, -0.05) is 48.3 Å². The van der Waals surface area contributed by atoms with Gasteiger partial charge in [0.2, 0.25) is 0 Å². The fraction of sp³-hybridized carbons (Fsp3) is 0.190. The quantitative estimate of drug-likeness (QED) is 0.496. The molecule has 4 rings (SSSR count). The number of fused-ring (bicyclic) bond motifs is 1. The number of hydrogen-bond donors (Lipinski definition) is 2. The number of aromatic amines is 1. The maximum absolute atomic E-state index is 13.0. The van der Waals surface area contributed by atoms with Crippen molar-refractivity contribution in [1.82, 2.24) is 9.97 Å². The van der Waals surface area contributed by atoms with Crippen LogP contribution in [-0.4, -0.2) is 22.3 Å². The van der Waals surface area contributed by atoms with Crippen molar-refractivity contribution in [2.45, 2.75) is 13.5 Å². The summed E-state index contributed by atoms with van der Waals surface area (Å²) in [5, 5.41) is 4.90. The van der Waals surface area contributed by atoms with Crippen molar-refractivity contribution in [2.24, 2.45) is 10.9 Å². The molecular formula is C21H18Cl2N4O. The number of H-pyrrole nitrogens is 1. The molecular weight excluding hydrogens is 395 g/mol. The Morgan fingerprint density at radius 2 is 1.96 bits per heavy atom. The first kappa shape index (κ1) is 18.7. The Morgan fingerprint density at radius 3 is 2.71 bits per heavy atom. The summed E-state index contributed by atoms with van der Waals surface area (Å²) in [6.45, 7) is 3.37. The monoisotopic (exact) mass is 412 g/mol. The number of aromatic nitrogens is 2. The summed E-state index contributed by atoms with van der Waals surface area (Å²) < 4.78 is 0. The highest BCUT2D eigenvalue weighted by molar-refractivity contribution is 6.34. The third-order valence-corrected chi connectivity index (χ3v) is 5.15. The van der Waals surface area contributed by atoms with Gasteiger partial charge in [-0.3, -0.25) is 9.79 Å². The maximum atomic E-state index is 13.0. The molecule has 3 aromatic rings. The summed E-state index contributed by atoms with van der Waals surface area (Å²) in [6, 6.07) is 11.0. The Balaban J connectivity index is 1.55. The second-order valence-electron chi connectivity index (χ2n) is 6.79. The number of anilines is 1. The van der Waals surface area contributed by atoms with E-state index in [4.69, 9.17) is 23.2 Å². The minimum absolute atomic E-state index is 0.167. The number of rotatable bonds is 5. The highest BCUT2D eigenvalue weighted by atomic mass is 35.5. The van der Waals surface area contributed by atoms with Crippen LogP contribution in [0.3, 0.4) is 0 Å². The van der Waals surface area contributed by atoms with Crippen molar-refractivity contribution in [3.63, 3.8) is 0 Å². The zero-order valence-corrected chi connectivity index (χ0v) is 16.7. The van der Waals surface area contributed by atoms with Gasteiger partial charge in [0, 0.05) is 35.1 Å². The lowest BCUT2D eigenvalue weighted by Gasteiger charge is -2.09. The Morgan fingerprint density at radius 1 is 1.18 bits per heavy atom. The van der Waals surface area contributed by atoms with Gasteiger partial charge in [0.15, 0.2) is 5.78 Å². The molecule has 1 aliphatic rings. The number of pyridine rings is 1. The van der Waals surface area contributed by atoms with Crippen LogP contribution in [0.4, 0.5) is 5.82 Å². The van der Waals surface area contributed by atoms with Crippen molar-refractivity contribution in [3.8, 4) is 0 Å². The molecule has 0 aliphatic carbocycles. The van der Waals surface area contributed by atoms with Crippen molar-refractivity contribution in [1.29, 1.82) is 0 Å². The topological polar surface area (TPSA) is 70.1 Å². The molecule has 1 aliphatic heterocycles. The minimum atomic E-state index is -0.167. The molecule has 28 heavy (non-hydrogen) atoms. The van der Waals surface area contributed by atoms with Crippen LogP contribution in [0.1, 0.15) is 28.4 Å². The second-order valence-corrected chi connectivity index (χ2v) is 7.59. The van der Waals surface area contributed by atoms with Crippen molar-refractivity contribution in [2.75, 3.05) is 11.9 Å². The largest absolute Gasteiger partial charge is 0.366 e. The molecule has 0 fully saturated rings. The molecule has 2 N–H and O–H groups in total. The van der Waals surface area contributed by atoms with E-state index in [1.807, 2.05) is 24.3 Å². The van der Waals surface area contributed by atoms with Gasteiger partial charge in [0.1, 0.15) is 16.5 Å². The summed E-state index contributed by atoms with van der Waals surface area (Å²) in [6.07, 6.45) is 3.75. The molecule has 1 atom stereocenters. The van der Waals surface area contributed by atoms with Gasteiger partial charge >= 0.3 is 0 Å². The predicted molar refractivity (Wildman–Crippen MR) is 112 cm³/mol. The van der Waals surface area contributed by atoms with Crippen LogP contribution in [-0.2, 0) is 6.54 Å². The summed E-state index contributed by atoms with van der Waals surface area (Å²) in [5.74, 6) is 0.727. The number of carbonyl (C=O) groups excluding carboxylic acids is 1. The first-order chi connectivity index (χ1) is 13.5. The molecule has 7 heteroatoms. The van der Waals surface area contributed by atoms with Crippen LogP contribution in [0.5, 0.6) is 0 Å². The number of halogens is 2. The standard InChI is InChI=1S/C21H18Cl2N4O/c1-12-8-16-17(11-26-21(16)25-9-12)19(28)15-6-7-18(27-20(15)23)24-10-13-2-4-14(22)5-3-13/h2-8,11-12H,9-10H2,1H3,(H,24,27)(H,25,26). The van der Waals surface area contributed by atoms with Gasteiger partial charge in [-0.25, -0.2) is 4.98 Å². The normalized spacial score (nSPS) is 15.3. The highest BCUT2D eigenvalue weighted by Gasteiger charge is 2.19. The lowest BCUT2D eigenvalue weighted by Crippen LogP contribution is -2.32. The number of benzene rings is 1. The molecule has 2 aromatic heterocycles. The second kappa shape index (κ2) is 7.78. The molecule has 0 spiro atoms. The van der Waals surface area contributed by atoms with Crippen molar-refractivity contribution < 1.29 is 4.79 Å². The fourth-order valence-corrected chi connectivity index (χ4v) is 3.49. The van der Waals surface area contributed by atoms with Crippen LogP contribution in [0.25, 0.3) is 6.08 Å². The average Bonchev–Trinajstić information content (AvgIpc) is 3.10. The molecule has 0 radical (unpaired) electrons. The first-order valence-electron chi connectivity index (χ1n) is 8.94. The first-order valence-corrected chi connectivity index (χ1v) is 9.70. The summed E-state index contributed by atoms with van der Waals surface area (Å²) in [4.78, 5) is 24.8. The molecule has 1 aromatic carbocycles. The molecule has 142 valence electrons. The molecule has 5 nitrogen and oxygen atoms in total. The Kier molecular flexibility index (Phi) is 5.20. The molecule has 1 unspecified atom stereocenters. The van der Waals surface area contributed by atoms with Gasteiger partial charge < -0.3 is 10.3 Å². The molecule has 3 heterocycles. The maximum Gasteiger partial charge on any atom is 0.198 e. The number of nitrogens with zero attached hydrogens (tertiary/aromatic N) is 2. The predicted octanol–water partition coefficient (Wildman–Crippen LogP) is 3.61.